The number of nitrogens with zero attached hydrogens (tertiary/aromatic N) is 4. The maximum Gasteiger partial charge on any atom is 0.225 e. The molecule has 2 heterocycles. The standard InChI is InChI=1S/C14H15ClN6/c1-7(2)21-6-18-12-11(19-14(15)20-13(12)21)10-8(16)4-3-5-9(10)17/h3-7H,16-17H2,1-2H3. The molecule has 0 aliphatic carbocycles. The monoisotopic (exact) mass is 302 g/mol. The Labute approximate surface area is 126 Å². The molecule has 3 aromatic rings. The summed E-state index contributed by atoms with van der Waals surface area (Å²) in [5.41, 5.74) is 15.7. The van der Waals surface area contributed by atoms with Crippen molar-refractivity contribution in [1.29, 1.82) is 0 Å². The van der Waals surface area contributed by atoms with Crippen LogP contribution in [0, 0.1) is 0 Å². The summed E-state index contributed by atoms with van der Waals surface area (Å²) in [6, 6.07) is 5.54. The molecule has 0 unspecified atom stereocenters. The number of fused-ring (bicyclic) bond motifs is 1. The maximum atomic E-state index is 6.07. The molecule has 4 N–H and O–H groups in total. The van der Waals surface area contributed by atoms with Gasteiger partial charge in [-0.3, -0.25) is 0 Å². The third kappa shape index (κ3) is 2.17. The summed E-state index contributed by atoms with van der Waals surface area (Å²) in [4.78, 5) is 13.0. The lowest BCUT2D eigenvalue weighted by Crippen LogP contribution is -2.02. The molecule has 0 spiro atoms. The van der Waals surface area contributed by atoms with Crippen LogP contribution in [0.1, 0.15) is 19.9 Å². The number of halogens is 1. The van der Waals surface area contributed by atoms with Crippen molar-refractivity contribution in [2.75, 3.05) is 11.5 Å². The predicted octanol–water partition coefficient (Wildman–Crippen LogP) is 2.89. The highest BCUT2D eigenvalue weighted by atomic mass is 35.5. The first kappa shape index (κ1) is 13.6. The highest BCUT2D eigenvalue weighted by molar-refractivity contribution is 6.28. The third-order valence-electron chi connectivity index (χ3n) is 3.32. The zero-order chi connectivity index (χ0) is 15.1. The zero-order valence-corrected chi connectivity index (χ0v) is 12.5. The molecule has 0 aliphatic rings. The fraction of sp³-hybridized carbons (Fsp3) is 0.214. The van der Waals surface area contributed by atoms with Crippen molar-refractivity contribution in [2.45, 2.75) is 19.9 Å². The molecule has 0 bridgehead atoms. The van der Waals surface area contributed by atoms with E-state index in [1.807, 2.05) is 18.4 Å². The van der Waals surface area contributed by atoms with Crippen LogP contribution >= 0.6 is 11.6 Å². The minimum absolute atomic E-state index is 0.141. The van der Waals surface area contributed by atoms with Crippen molar-refractivity contribution >= 4 is 34.1 Å². The van der Waals surface area contributed by atoms with Gasteiger partial charge in [-0.1, -0.05) is 6.07 Å². The van der Waals surface area contributed by atoms with Gasteiger partial charge >= 0.3 is 0 Å². The fourth-order valence-corrected chi connectivity index (χ4v) is 2.47. The van der Waals surface area contributed by atoms with Gasteiger partial charge < -0.3 is 16.0 Å². The van der Waals surface area contributed by atoms with E-state index in [-0.39, 0.29) is 11.3 Å². The topological polar surface area (TPSA) is 95.6 Å². The van der Waals surface area contributed by atoms with Crippen molar-refractivity contribution in [3.05, 3.63) is 29.8 Å². The highest BCUT2D eigenvalue weighted by Crippen LogP contribution is 2.35. The third-order valence-corrected chi connectivity index (χ3v) is 3.49. The summed E-state index contributed by atoms with van der Waals surface area (Å²) in [7, 11) is 0. The number of rotatable bonds is 2. The number of anilines is 2. The highest BCUT2D eigenvalue weighted by Gasteiger charge is 2.18. The van der Waals surface area contributed by atoms with Crippen molar-refractivity contribution in [3.63, 3.8) is 0 Å². The molecule has 108 valence electrons. The Bertz CT molecular complexity index is 803. The minimum atomic E-state index is 0.141. The Morgan fingerprint density at radius 3 is 2.43 bits per heavy atom. The molecule has 0 saturated heterocycles. The summed E-state index contributed by atoms with van der Waals surface area (Å²) in [6.07, 6.45) is 1.72. The normalized spacial score (nSPS) is 11.4. The van der Waals surface area contributed by atoms with Crippen LogP contribution in [0.2, 0.25) is 5.28 Å². The van der Waals surface area contributed by atoms with Crippen LogP contribution in [0.3, 0.4) is 0 Å². The number of benzene rings is 1. The Morgan fingerprint density at radius 2 is 1.81 bits per heavy atom. The van der Waals surface area contributed by atoms with Gasteiger partial charge in [-0.25, -0.2) is 9.97 Å². The molecule has 1 aromatic carbocycles. The summed E-state index contributed by atoms with van der Waals surface area (Å²) < 4.78 is 1.93. The number of aromatic nitrogens is 4. The predicted molar refractivity (Wildman–Crippen MR) is 85.0 cm³/mol. The van der Waals surface area contributed by atoms with Gasteiger partial charge in [0.15, 0.2) is 5.65 Å². The Hall–Kier alpha value is -2.34. The van der Waals surface area contributed by atoms with E-state index in [1.54, 1.807) is 24.5 Å². The van der Waals surface area contributed by atoms with Crippen molar-refractivity contribution in [2.24, 2.45) is 0 Å². The summed E-state index contributed by atoms with van der Waals surface area (Å²) in [6.45, 7) is 4.09. The van der Waals surface area contributed by atoms with Crippen molar-refractivity contribution in [3.8, 4) is 11.3 Å². The first-order chi connectivity index (χ1) is 9.99. The first-order valence-electron chi connectivity index (χ1n) is 6.53. The molecule has 0 radical (unpaired) electrons. The van der Waals surface area contributed by atoms with Gasteiger partial charge in [0.1, 0.15) is 11.2 Å². The van der Waals surface area contributed by atoms with Gasteiger partial charge in [0.25, 0.3) is 0 Å². The molecular weight excluding hydrogens is 288 g/mol. The van der Waals surface area contributed by atoms with Crippen molar-refractivity contribution in [1.82, 2.24) is 19.5 Å². The molecule has 0 fully saturated rings. The van der Waals surface area contributed by atoms with E-state index >= 15 is 0 Å². The Morgan fingerprint density at radius 1 is 1.14 bits per heavy atom. The smallest absolute Gasteiger partial charge is 0.225 e. The molecule has 0 amide bonds. The van der Waals surface area contributed by atoms with Crippen LogP contribution < -0.4 is 11.5 Å². The molecule has 0 atom stereocenters. The minimum Gasteiger partial charge on any atom is -0.398 e. The van der Waals surface area contributed by atoms with Crippen LogP contribution in [0.5, 0.6) is 0 Å². The van der Waals surface area contributed by atoms with E-state index in [1.165, 1.54) is 0 Å². The largest absolute Gasteiger partial charge is 0.398 e. The molecular formula is C14H15ClN6. The van der Waals surface area contributed by atoms with Gasteiger partial charge in [0.05, 0.1) is 6.33 Å². The van der Waals surface area contributed by atoms with E-state index < -0.39 is 0 Å². The van der Waals surface area contributed by atoms with E-state index in [4.69, 9.17) is 23.1 Å². The number of hydrogen-bond donors (Lipinski definition) is 2. The van der Waals surface area contributed by atoms with Gasteiger partial charge in [-0.15, -0.1) is 0 Å². The second kappa shape index (κ2) is 4.89. The van der Waals surface area contributed by atoms with E-state index in [0.29, 0.717) is 33.8 Å². The van der Waals surface area contributed by atoms with Crippen LogP contribution in [0.25, 0.3) is 22.4 Å². The summed E-state index contributed by atoms with van der Waals surface area (Å²) >= 11 is 6.07. The second-order valence-electron chi connectivity index (χ2n) is 5.07. The van der Waals surface area contributed by atoms with E-state index in [2.05, 4.69) is 15.0 Å². The lowest BCUT2D eigenvalue weighted by molar-refractivity contribution is 0.612. The number of hydrogen-bond acceptors (Lipinski definition) is 5. The number of nitrogens with two attached hydrogens (primary N) is 2. The van der Waals surface area contributed by atoms with Gasteiger partial charge in [-0.05, 0) is 37.6 Å². The lowest BCUT2D eigenvalue weighted by Gasteiger charge is -2.11. The number of nitrogen functional groups attached to an aromatic ring is 2. The van der Waals surface area contributed by atoms with Gasteiger partial charge in [-0.2, -0.15) is 4.98 Å². The fourth-order valence-electron chi connectivity index (χ4n) is 2.30. The first-order valence-corrected chi connectivity index (χ1v) is 6.91. The van der Waals surface area contributed by atoms with E-state index in [0.717, 1.165) is 0 Å². The maximum absolute atomic E-state index is 6.07. The van der Waals surface area contributed by atoms with Gasteiger partial charge in [0, 0.05) is 23.0 Å². The quantitative estimate of drug-likeness (QED) is 0.560. The molecule has 2 aromatic heterocycles. The molecule has 21 heavy (non-hydrogen) atoms. The lowest BCUT2D eigenvalue weighted by atomic mass is 10.1. The van der Waals surface area contributed by atoms with E-state index in [9.17, 15) is 0 Å². The number of imidazole rings is 1. The SMILES string of the molecule is CC(C)n1cnc2c(-c3c(N)cccc3N)nc(Cl)nc21. The second-order valence-corrected chi connectivity index (χ2v) is 5.41. The Kier molecular flexibility index (Phi) is 3.17. The van der Waals surface area contributed by atoms with Crippen molar-refractivity contribution < 1.29 is 0 Å². The average Bonchev–Trinajstić information content (AvgIpc) is 2.82. The molecule has 0 aliphatic heterocycles. The van der Waals surface area contributed by atoms with Crippen LogP contribution in [-0.2, 0) is 0 Å². The van der Waals surface area contributed by atoms with Crippen LogP contribution in [-0.4, -0.2) is 19.5 Å². The zero-order valence-electron chi connectivity index (χ0n) is 11.7. The Balaban J connectivity index is 2.38. The van der Waals surface area contributed by atoms with Crippen LogP contribution in [0.4, 0.5) is 11.4 Å². The molecule has 7 heteroatoms. The summed E-state index contributed by atoms with van der Waals surface area (Å²) in [5.74, 6) is 0. The summed E-state index contributed by atoms with van der Waals surface area (Å²) in [5, 5.41) is 0.141. The van der Waals surface area contributed by atoms with Crippen LogP contribution in [0.15, 0.2) is 24.5 Å². The molecule has 0 saturated carbocycles. The molecule has 6 nitrogen and oxygen atoms in total. The molecule has 3 rings (SSSR count). The van der Waals surface area contributed by atoms with Gasteiger partial charge in [0.2, 0.25) is 5.28 Å². The average molecular weight is 303 g/mol.